The van der Waals surface area contributed by atoms with E-state index in [0.717, 1.165) is 12.1 Å². The Bertz CT molecular complexity index is 883. The van der Waals surface area contributed by atoms with Gasteiger partial charge < -0.3 is 15.2 Å². The van der Waals surface area contributed by atoms with E-state index < -0.39 is 29.5 Å². The summed E-state index contributed by atoms with van der Waals surface area (Å²) in [6, 6.07) is 7.43. The van der Waals surface area contributed by atoms with Crippen LogP contribution in [0.25, 0.3) is 0 Å². The van der Waals surface area contributed by atoms with Crippen LogP contribution in [0.4, 0.5) is 18.9 Å². The molecule has 0 saturated carbocycles. The minimum Gasteiger partial charge on any atom is -0.364 e. The van der Waals surface area contributed by atoms with Gasteiger partial charge in [0, 0.05) is 27.4 Å². The molecule has 0 radical (unpaired) electrons. The molecule has 0 aliphatic carbocycles. The standard InChI is InChI=1S/C16H9ClF3NO3/c17-8-2-3-9-11(6-8)15(24-13(9)22)10-4-1-7(16(18,19)20)5-12(10)21-14(15)23/h1-6,13,22H,(H,21,23). The van der Waals surface area contributed by atoms with E-state index in [4.69, 9.17) is 16.3 Å². The third kappa shape index (κ3) is 1.92. The maximum absolute atomic E-state index is 12.9. The number of hydrogen-bond donors (Lipinski definition) is 2. The molecule has 2 aromatic carbocycles. The summed E-state index contributed by atoms with van der Waals surface area (Å²) < 4.78 is 44.1. The average molecular weight is 356 g/mol. The van der Waals surface area contributed by atoms with Crippen LogP contribution < -0.4 is 5.32 Å². The van der Waals surface area contributed by atoms with Crippen molar-refractivity contribution in [3.63, 3.8) is 0 Å². The van der Waals surface area contributed by atoms with E-state index >= 15 is 0 Å². The first-order chi connectivity index (χ1) is 11.2. The first-order valence-electron chi connectivity index (χ1n) is 6.92. The van der Waals surface area contributed by atoms with Gasteiger partial charge in [-0.3, -0.25) is 4.79 Å². The molecule has 2 aromatic rings. The summed E-state index contributed by atoms with van der Waals surface area (Å²) in [6.07, 6.45) is -5.91. The number of ether oxygens (including phenoxy) is 1. The lowest BCUT2D eigenvalue weighted by atomic mass is 9.86. The molecule has 2 N–H and O–H groups in total. The van der Waals surface area contributed by atoms with Crippen LogP contribution >= 0.6 is 11.6 Å². The maximum atomic E-state index is 12.9. The lowest BCUT2D eigenvalue weighted by Crippen LogP contribution is -2.35. The highest BCUT2D eigenvalue weighted by Gasteiger charge is 2.56. The largest absolute Gasteiger partial charge is 0.416 e. The van der Waals surface area contributed by atoms with Crippen LogP contribution in [0.15, 0.2) is 36.4 Å². The van der Waals surface area contributed by atoms with E-state index in [2.05, 4.69) is 5.32 Å². The van der Waals surface area contributed by atoms with Crippen molar-refractivity contribution in [2.24, 2.45) is 0 Å². The number of carbonyl (C=O) groups is 1. The van der Waals surface area contributed by atoms with Gasteiger partial charge in [0.05, 0.1) is 5.56 Å². The summed E-state index contributed by atoms with van der Waals surface area (Å²) in [7, 11) is 0. The summed E-state index contributed by atoms with van der Waals surface area (Å²) >= 11 is 5.97. The summed E-state index contributed by atoms with van der Waals surface area (Å²) in [5.74, 6) is -0.670. The molecule has 124 valence electrons. The molecule has 1 amide bonds. The second-order valence-corrected chi connectivity index (χ2v) is 6.03. The SMILES string of the molecule is O=C1Nc2cc(C(F)(F)F)ccc2C12OC(O)c1ccc(Cl)cc12. The minimum absolute atomic E-state index is 0.00477. The number of aliphatic hydroxyl groups is 1. The molecule has 4 nitrogen and oxygen atoms in total. The average Bonchev–Trinajstić information content (AvgIpc) is 2.94. The minimum atomic E-state index is -4.53. The predicted molar refractivity (Wildman–Crippen MR) is 78.4 cm³/mol. The zero-order valence-corrected chi connectivity index (χ0v) is 12.6. The van der Waals surface area contributed by atoms with Crippen molar-refractivity contribution in [1.82, 2.24) is 0 Å². The molecule has 4 rings (SSSR count). The van der Waals surface area contributed by atoms with E-state index in [-0.39, 0.29) is 11.3 Å². The monoisotopic (exact) mass is 355 g/mol. The van der Waals surface area contributed by atoms with Gasteiger partial charge in [0.15, 0.2) is 6.29 Å². The third-order valence-electron chi connectivity index (χ3n) is 4.24. The smallest absolute Gasteiger partial charge is 0.364 e. The lowest BCUT2D eigenvalue weighted by Gasteiger charge is -2.23. The van der Waals surface area contributed by atoms with Crippen molar-refractivity contribution >= 4 is 23.2 Å². The molecule has 0 fully saturated rings. The van der Waals surface area contributed by atoms with Crippen LogP contribution in [0, 0.1) is 0 Å². The molecule has 1 spiro atoms. The lowest BCUT2D eigenvalue weighted by molar-refractivity contribution is -0.168. The zero-order valence-electron chi connectivity index (χ0n) is 11.8. The van der Waals surface area contributed by atoms with Crippen LogP contribution in [0.5, 0.6) is 0 Å². The van der Waals surface area contributed by atoms with Gasteiger partial charge >= 0.3 is 6.18 Å². The molecular formula is C16H9ClF3NO3. The van der Waals surface area contributed by atoms with Crippen LogP contribution in [0.3, 0.4) is 0 Å². The summed E-state index contributed by atoms with van der Waals surface area (Å²) in [6.45, 7) is 0. The number of rotatable bonds is 0. The van der Waals surface area contributed by atoms with Gasteiger partial charge in [-0.25, -0.2) is 0 Å². The molecular weight excluding hydrogens is 347 g/mol. The van der Waals surface area contributed by atoms with Crippen LogP contribution in [0.2, 0.25) is 5.02 Å². The van der Waals surface area contributed by atoms with Crippen molar-refractivity contribution in [2.45, 2.75) is 18.1 Å². The highest BCUT2D eigenvalue weighted by Crippen LogP contribution is 2.53. The Hall–Kier alpha value is -2.09. The van der Waals surface area contributed by atoms with Gasteiger partial charge in [-0.1, -0.05) is 23.7 Å². The van der Waals surface area contributed by atoms with Gasteiger partial charge in [0.1, 0.15) is 0 Å². The predicted octanol–water partition coefficient (Wildman–Crippen LogP) is 3.58. The number of nitrogens with one attached hydrogen (secondary N) is 1. The van der Waals surface area contributed by atoms with Gasteiger partial charge in [0.25, 0.3) is 5.91 Å². The Morgan fingerprint density at radius 2 is 1.92 bits per heavy atom. The normalized spacial score (nSPS) is 24.9. The Morgan fingerprint density at radius 3 is 2.62 bits per heavy atom. The number of halogens is 4. The van der Waals surface area contributed by atoms with Crippen molar-refractivity contribution in [2.75, 3.05) is 5.32 Å². The fourth-order valence-electron chi connectivity index (χ4n) is 3.19. The Kier molecular flexibility index (Phi) is 3.04. The highest BCUT2D eigenvalue weighted by molar-refractivity contribution is 6.30. The van der Waals surface area contributed by atoms with Crippen molar-refractivity contribution < 1.29 is 27.8 Å². The summed E-state index contributed by atoms with van der Waals surface area (Å²) in [5, 5.41) is 12.8. The maximum Gasteiger partial charge on any atom is 0.416 e. The summed E-state index contributed by atoms with van der Waals surface area (Å²) in [4.78, 5) is 12.6. The van der Waals surface area contributed by atoms with Gasteiger partial charge in [-0.2, -0.15) is 13.2 Å². The molecule has 2 aliphatic heterocycles. The van der Waals surface area contributed by atoms with Gasteiger partial charge in [-0.05, 0) is 24.3 Å². The van der Waals surface area contributed by atoms with Crippen LogP contribution in [-0.4, -0.2) is 11.0 Å². The van der Waals surface area contributed by atoms with Crippen molar-refractivity contribution in [1.29, 1.82) is 0 Å². The Labute approximate surface area is 138 Å². The Balaban J connectivity index is 1.95. The number of aliphatic hydroxyl groups excluding tert-OH is 1. The molecule has 2 unspecified atom stereocenters. The Morgan fingerprint density at radius 1 is 1.17 bits per heavy atom. The van der Waals surface area contributed by atoms with Crippen molar-refractivity contribution in [3.05, 3.63) is 63.7 Å². The molecule has 2 heterocycles. The molecule has 24 heavy (non-hydrogen) atoms. The second-order valence-electron chi connectivity index (χ2n) is 5.60. The number of alkyl halides is 3. The number of carbonyl (C=O) groups excluding carboxylic acids is 1. The van der Waals surface area contributed by atoms with E-state index in [1.807, 2.05) is 0 Å². The first kappa shape index (κ1) is 15.4. The quantitative estimate of drug-likeness (QED) is 0.759. The van der Waals surface area contributed by atoms with Crippen molar-refractivity contribution in [3.8, 4) is 0 Å². The second kappa shape index (κ2) is 4.72. The molecule has 0 saturated heterocycles. The fourth-order valence-corrected chi connectivity index (χ4v) is 3.36. The highest BCUT2D eigenvalue weighted by atomic mass is 35.5. The van der Waals surface area contributed by atoms with Crippen LogP contribution in [0.1, 0.15) is 28.5 Å². The number of amides is 1. The molecule has 0 bridgehead atoms. The third-order valence-corrected chi connectivity index (χ3v) is 4.48. The fraction of sp³-hybridized carbons (Fsp3) is 0.188. The van der Waals surface area contributed by atoms with Gasteiger partial charge in [0.2, 0.25) is 5.60 Å². The first-order valence-corrected chi connectivity index (χ1v) is 7.30. The number of hydrogen-bond acceptors (Lipinski definition) is 3. The zero-order chi connectivity index (χ0) is 17.3. The van der Waals surface area contributed by atoms with E-state index in [9.17, 15) is 23.1 Å². The summed E-state index contributed by atoms with van der Waals surface area (Å²) in [5.41, 5.74) is -1.72. The molecule has 8 heteroatoms. The molecule has 2 atom stereocenters. The van der Waals surface area contributed by atoms with E-state index in [1.54, 1.807) is 0 Å². The number of fused-ring (bicyclic) bond motifs is 4. The van der Waals surface area contributed by atoms with Gasteiger partial charge in [-0.15, -0.1) is 0 Å². The van der Waals surface area contributed by atoms with E-state index in [1.165, 1.54) is 24.3 Å². The number of benzene rings is 2. The van der Waals surface area contributed by atoms with E-state index in [0.29, 0.717) is 16.1 Å². The van der Waals surface area contributed by atoms with Crippen LogP contribution in [-0.2, 0) is 21.3 Å². The molecule has 0 aromatic heterocycles. The molecule has 2 aliphatic rings. The topological polar surface area (TPSA) is 58.6 Å². The number of anilines is 1.